The number of nitrogens with zero attached hydrogens (tertiary/aromatic N) is 5. The van der Waals surface area contributed by atoms with Crippen LogP contribution in [0.4, 0.5) is 0 Å². The second-order valence-electron chi connectivity index (χ2n) is 7.41. The first kappa shape index (κ1) is 20.9. The van der Waals surface area contributed by atoms with Crippen molar-refractivity contribution in [2.45, 2.75) is 12.5 Å². The molecule has 3 aromatic heterocycles. The fourth-order valence-corrected chi connectivity index (χ4v) is 5.09. The summed E-state index contributed by atoms with van der Waals surface area (Å²) < 4.78 is 27.3. The predicted octanol–water partition coefficient (Wildman–Crippen LogP) is 1.01. The van der Waals surface area contributed by atoms with Crippen molar-refractivity contribution < 1.29 is 13.2 Å². The van der Waals surface area contributed by atoms with E-state index in [4.69, 9.17) is 0 Å². The number of hydrogen-bond donors (Lipinski definition) is 1. The zero-order valence-electron chi connectivity index (χ0n) is 16.9. The molecule has 1 amide bonds. The summed E-state index contributed by atoms with van der Waals surface area (Å²) in [5.74, 6) is 0.456. The summed E-state index contributed by atoms with van der Waals surface area (Å²) in [6, 6.07) is 7.27. The molecule has 0 spiro atoms. The van der Waals surface area contributed by atoms with Crippen molar-refractivity contribution in [3.05, 3.63) is 52.1 Å². The number of piperazine rings is 1. The molecule has 1 atom stereocenters. The van der Waals surface area contributed by atoms with Crippen LogP contribution in [0.1, 0.15) is 27.1 Å². The Morgan fingerprint density at radius 3 is 2.83 bits per heavy atom. The summed E-state index contributed by atoms with van der Waals surface area (Å²) in [6.45, 7) is 1.89. The number of thiophene rings is 1. The largest absolute Gasteiger partial charge is 0.352 e. The molecule has 30 heavy (non-hydrogen) atoms. The van der Waals surface area contributed by atoms with Gasteiger partial charge in [-0.15, -0.1) is 21.5 Å². The topological polar surface area (TPSA) is 99.9 Å². The van der Waals surface area contributed by atoms with Crippen LogP contribution in [-0.2, 0) is 16.4 Å². The van der Waals surface area contributed by atoms with Gasteiger partial charge in [-0.25, -0.2) is 8.42 Å². The molecule has 11 heteroatoms. The first-order chi connectivity index (χ1) is 14.3. The molecular formula is C19H24N6O3S2. The van der Waals surface area contributed by atoms with E-state index in [9.17, 15) is 13.2 Å². The molecule has 0 saturated carbocycles. The predicted molar refractivity (Wildman–Crippen MR) is 115 cm³/mol. The second-order valence-corrected chi connectivity index (χ2v) is 10.4. The molecule has 4 rings (SSSR count). The zero-order valence-corrected chi connectivity index (χ0v) is 18.5. The van der Waals surface area contributed by atoms with Crippen molar-refractivity contribution in [3.8, 4) is 0 Å². The molecule has 1 saturated heterocycles. The first-order valence-corrected chi connectivity index (χ1v) is 12.4. The molecular weight excluding hydrogens is 424 g/mol. The normalized spacial score (nSPS) is 18.7. The summed E-state index contributed by atoms with van der Waals surface area (Å²) in [5.41, 5.74) is 1.12. The fraction of sp³-hybridized carbons (Fsp3) is 0.421. The summed E-state index contributed by atoms with van der Waals surface area (Å²) in [5, 5.41) is 13.5. The van der Waals surface area contributed by atoms with Crippen molar-refractivity contribution in [1.29, 1.82) is 0 Å². The zero-order chi connectivity index (χ0) is 21.3. The highest BCUT2D eigenvalue weighted by molar-refractivity contribution is 7.88. The molecule has 0 bridgehead atoms. The lowest BCUT2D eigenvalue weighted by Gasteiger charge is -2.37. The summed E-state index contributed by atoms with van der Waals surface area (Å²) >= 11 is 1.67. The molecule has 0 unspecified atom stereocenters. The lowest BCUT2D eigenvalue weighted by atomic mass is 10.2. The molecule has 160 valence electrons. The van der Waals surface area contributed by atoms with Gasteiger partial charge in [0.25, 0.3) is 5.91 Å². The van der Waals surface area contributed by atoms with Crippen molar-refractivity contribution in [2.24, 2.45) is 0 Å². The van der Waals surface area contributed by atoms with Gasteiger partial charge in [-0.05, 0) is 37.0 Å². The minimum absolute atomic E-state index is 0.164. The number of pyridine rings is 1. The molecule has 0 aromatic carbocycles. The van der Waals surface area contributed by atoms with E-state index in [1.807, 2.05) is 24.6 Å². The van der Waals surface area contributed by atoms with Gasteiger partial charge in [-0.3, -0.25) is 14.1 Å². The molecule has 4 heterocycles. The Morgan fingerprint density at radius 1 is 1.27 bits per heavy atom. The van der Waals surface area contributed by atoms with Crippen molar-refractivity contribution in [2.75, 3.05) is 39.5 Å². The van der Waals surface area contributed by atoms with Crippen LogP contribution in [0.15, 0.2) is 35.8 Å². The van der Waals surface area contributed by atoms with Crippen molar-refractivity contribution in [3.63, 3.8) is 0 Å². The van der Waals surface area contributed by atoms with Crippen LogP contribution >= 0.6 is 11.3 Å². The van der Waals surface area contributed by atoms with Gasteiger partial charge < -0.3 is 5.32 Å². The minimum Gasteiger partial charge on any atom is -0.352 e. The Morgan fingerprint density at radius 2 is 2.10 bits per heavy atom. The third kappa shape index (κ3) is 4.38. The number of carbonyl (C=O) groups is 1. The van der Waals surface area contributed by atoms with E-state index in [0.717, 1.165) is 6.42 Å². The summed E-state index contributed by atoms with van der Waals surface area (Å²) in [7, 11) is -1.35. The Hall–Kier alpha value is -2.34. The smallest absolute Gasteiger partial charge is 0.252 e. The van der Waals surface area contributed by atoms with Crippen LogP contribution in [0.25, 0.3) is 5.65 Å². The van der Waals surface area contributed by atoms with Gasteiger partial charge in [-0.2, -0.15) is 4.31 Å². The number of aromatic nitrogens is 3. The Kier molecular flexibility index (Phi) is 5.87. The average molecular weight is 449 g/mol. The van der Waals surface area contributed by atoms with Gasteiger partial charge in [0.15, 0.2) is 11.5 Å². The summed E-state index contributed by atoms with van der Waals surface area (Å²) in [4.78, 5) is 15.9. The van der Waals surface area contributed by atoms with Gasteiger partial charge >= 0.3 is 0 Å². The molecule has 1 fully saturated rings. The highest BCUT2D eigenvalue weighted by atomic mass is 32.2. The van der Waals surface area contributed by atoms with Crippen LogP contribution in [0.3, 0.4) is 0 Å². The van der Waals surface area contributed by atoms with E-state index >= 15 is 0 Å². The molecule has 3 aromatic rings. The van der Waals surface area contributed by atoms with Crippen LogP contribution in [-0.4, -0.2) is 77.6 Å². The SMILES string of the molecule is CN1CCN(S(C)(=O)=O)C[C@@H]1c1nnc2ccc(C(=O)NCCc3cccs3)cn12. The van der Waals surface area contributed by atoms with Gasteiger partial charge in [0.05, 0.1) is 17.9 Å². The maximum atomic E-state index is 12.6. The van der Waals surface area contributed by atoms with Crippen LogP contribution < -0.4 is 5.32 Å². The third-order valence-corrected chi connectivity index (χ3v) is 7.51. The van der Waals surface area contributed by atoms with E-state index < -0.39 is 10.0 Å². The van der Waals surface area contributed by atoms with E-state index in [1.54, 1.807) is 34.1 Å². The number of likely N-dealkylation sites (N-methyl/N-ethyl adjacent to an activating group) is 1. The number of carbonyl (C=O) groups excluding carboxylic acids is 1. The highest BCUT2D eigenvalue weighted by Crippen LogP contribution is 2.24. The van der Waals surface area contributed by atoms with Gasteiger partial charge in [0, 0.05) is 37.3 Å². The van der Waals surface area contributed by atoms with Crippen LogP contribution in [0.2, 0.25) is 0 Å². The van der Waals surface area contributed by atoms with E-state index in [-0.39, 0.29) is 11.9 Å². The Labute approximate surface area is 179 Å². The second kappa shape index (κ2) is 8.42. The summed E-state index contributed by atoms with van der Waals surface area (Å²) in [6.07, 6.45) is 3.73. The van der Waals surface area contributed by atoms with Crippen LogP contribution in [0.5, 0.6) is 0 Å². The van der Waals surface area contributed by atoms with E-state index in [0.29, 0.717) is 43.2 Å². The molecule has 1 N–H and O–H groups in total. The molecule has 0 aliphatic carbocycles. The van der Waals surface area contributed by atoms with Crippen molar-refractivity contribution >= 4 is 32.9 Å². The lowest BCUT2D eigenvalue weighted by molar-refractivity contribution is 0.0953. The number of nitrogens with one attached hydrogen (secondary N) is 1. The fourth-order valence-electron chi connectivity index (χ4n) is 3.55. The Balaban J connectivity index is 1.54. The standard InChI is InChI=1S/C19H24N6O3S2/c1-23-9-10-24(30(2,27)28)13-16(23)18-22-21-17-6-5-14(12-25(17)18)19(26)20-8-7-15-4-3-11-29-15/h3-6,11-12,16H,7-10,13H2,1-2H3,(H,20,26)/t16-/m1/s1. The number of sulfonamides is 1. The number of hydrogen-bond acceptors (Lipinski definition) is 7. The monoisotopic (exact) mass is 448 g/mol. The quantitative estimate of drug-likeness (QED) is 0.604. The third-order valence-electron chi connectivity index (χ3n) is 5.31. The molecule has 0 radical (unpaired) electrons. The van der Waals surface area contributed by atoms with Gasteiger partial charge in [0.1, 0.15) is 0 Å². The minimum atomic E-state index is -3.29. The average Bonchev–Trinajstić information content (AvgIpc) is 3.36. The van der Waals surface area contributed by atoms with E-state index in [2.05, 4.69) is 20.4 Å². The Bertz CT molecular complexity index is 1140. The maximum absolute atomic E-state index is 12.6. The number of amides is 1. The van der Waals surface area contributed by atoms with Gasteiger partial charge in [0.2, 0.25) is 10.0 Å². The first-order valence-electron chi connectivity index (χ1n) is 9.63. The van der Waals surface area contributed by atoms with E-state index in [1.165, 1.54) is 15.4 Å². The van der Waals surface area contributed by atoms with Crippen molar-refractivity contribution in [1.82, 2.24) is 29.1 Å². The number of rotatable bonds is 6. The maximum Gasteiger partial charge on any atom is 0.252 e. The molecule has 1 aliphatic rings. The number of fused-ring (bicyclic) bond motifs is 1. The molecule has 1 aliphatic heterocycles. The van der Waals surface area contributed by atoms with Gasteiger partial charge in [-0.1, -0.05) is 6.07 Å². The van der Waals surface area contributed by atoms with Crippen LogP contribution in [0, 0.1) is 0 Å². The molecule has 9 nitrogen and oxygen atoms in total. The highest BCUT2D eigenvalue weighted by Gasteiger charge is 2.33. The lowest BCUT2D eigenvalue weighted by Crippen LogP contribution is -2.49.